The smallest absolute Gasteiger partial charge is 0.273 e. The second-order valence-corrected chi connectivity index (χ2v) is 7.52. The summed E-state index contributed by atoms with van der Waals surface area (Å²) in [6.45, 7) is 3.03. The van der Waals surface area contributed by atoms with Crippen LogP contribution in [0.3, 0.4) is 0 Å². The highest BCUT2D eigenvalue weighted by Gasteiger charge is 2.45. The fraction of sp³-hybridized carbons (Fsp3) is 0.750. The van der Waals surface area contributed by atoms with Gasteiger partial charge in [-0.05, 0) is 31.6 Å². The van der Waals surface area contributed by atoms with Gasteiger partial charge in [-0.15, -0.1) is 11.3 Å². The van der Waals surface area contributed by atoms with Crippen molar-refractivity contribution in [3.63, 3.8) is 0 Å². The van der Waals surface area contributed by atoms with Crippen molar-refractivity contribution >= 4 is 17.2 Å². The number of hydrogen-bond donors (Lipinski definition) is 0. The molecule has 5 nitrogen and oxygen atoms in total. The molecule has 0 unspecified atom stereocenters. The van der Waals surface area contributed by atoms with Gasteiger partial charge in [-0.1, -0.05) is 0 Å². The largest absolute Gasteiger partial charge is 0.375 e. The fourth-order valence-electron chi connectivity index (χ4n) is 3.50. The van der Waals surface area contributed by atoms with E-state index in [1.165, 1.54) is 24.2 Å². The predicted octanol–water partition coefficient (Wildman–Crippen LogP) is 2.33. The van der Waals surface area contributed by atoms with Crippen molar-refractivity contribution in [3.8, 4) is 0 Å². The van der Waals surface area contributed by atoms with E-state index >= 15 is 0 Å². The van der Waals surface area contributed by atoms with Crippen molar-refractivity contribution in [3.05, 3.63) is 16.6 Å². The van der Waals surface area contributed by atoms with E-state index in [4.69, 9.17) is 9.47 Å². The van der Waals surface area contributed by atoms with Crippen LogP contribution in [0.4, 0.5) is 0 Å². The second kappa shape index (κ2) is 5.91. The van der Waals surface area contributed by atoms with Crippen LogP contribution in [-0.2, 0) is 9.47 Å². The molecule has 2 saturated heterocycles. The Labute approximate surface area is 134 Å². The molecule has 1 aromatic heterocycles. The average molecular weight is 322 g/mol. The molecular weight excluding hydrogens is 300 g/mol. The topological polar surface area (TPSA) is 51.7 Å². The normalized spacial score (nSPS) is 31.8. The van der Waals surface area contributed by atoms with Crippen LogP contribution in [0, 0.1) is 5.92 Å². The van der Waals surface area contributed by atoms with Gasteiger partial charge in [-0.2, -0.15) is 0 Å². The van der Waals surface area contributed by atoms with Crippen LogP contribution >= 0.6 is 11.3 Å². The van der Waals surface area contributed by atoms with Gasteiger partial charge in [0.15, 0.2) is 0 Å². The summed E-state index contributed by atoms with van der Waals surface area (Å²) in [6.07, 6.45) is 5.77. The van der Waals surface area contributed by atoms with Crippen LogP contribution in [-0.4, -0.2) is 53.8 Å². The van der Waals surface area contributed by atoms with Crippen LogP contribution < -0.4 is 0 Å². The maximum absolute atomic E-state index is 12.5. The number of rotatable bonds is 4. The van der Waals surface area contributed by atoms with Gasteiger partial charge in [-0.25, -0.2) is 4.98 Å². The van der Waals surface area contributed by atoms with E-state index in [1.807, 2.05) is 10.3 Å². The lowest BCUT2D eigenvalue weighted by Crippen LogP contribution is -2.50. The minimum absolute atomic E-state index is 0.0336. The molecule has 3 aliphatic rings. The lowest BCUT2D eigenvalue weighted by Gasteiger charge is -2.39. The van der Waals surface area contributed by atoms with Gasteiger partial charge in [0.2, 0.25) is 0 Å². The monoisotopic (exact) mass is 322 g/mol. The summed E-state index contributed by atoms with van der Waals surface area (Å²) >= 11 is 1.46. The molecule has 1 aromatic rings. The highest BCUT2D eigenvalue weighted by Crippen LogP contribution is 2.37. The van der Waals surface area contributed by atoms with Crippen LogP contribution in [0.1, 0.15) is 42.6 Å². The Kier molecular flexibility index (Phi) is 3.92. The Hall–Kier alpha value is -0.980. The third kappa shape index (κ3) is 3.05. The standard InChI is InChI=1S/C16H22N2O3S/c19-15(14-9-22-11-17-14)18-5-1-4-16(10-18)6-13(8-21-16)20-7-12-2-3-12/h9,11-13H,1-8,10H2/t13-,16+/m1/s1. The highest BCUT2D eigenvalue weighted by molar-refractivity contribution is 7.07. The molecule has 0 N–H and O–H groups in total. The predicted molar refractivity (Wildman–Crippen MR) is 83.0 cm³/mol. The summed E-state index contributed by atoms with van der Waals surface area (Å²) in [4.78, 5) is 18.5. The molecule has 1 saturated carbocycles. The number of carbonyl (C=O) groups excluding carboxylic acids is 1. The first kappa shape index (κ1) is 14.6. The van der Waals surface area contributed by atoms with Gasteiger partial charge in [0.25, 0.3) is 5.91 Å². The summed E-state index contributed by atoms with van der Waals surface area (Å²) in [7, 11) is 0. The quantitative estimate of drug-likeness (QED) is 0.854. The first-order valence-corrected chi connectivity index (χ1v) is 9.11. The lowest BCUT2D eigenvalue weighted by atomic mass is 9.89. The minimum Gasteiger partial charge on any atom is -0.375 e. The lowest BCUT2D eigenvalue weighted by molar-refractivity contribution is -0.0465. The number of nitrogens with zero attached hydrogens (tertiary/aromatic N) is 2. The van der Waals surface area contributed by atoms with Gasteiger partial charge in [0.05, 0.1) is 30.4 Å². The maximum atomic E-state index is 12.5. The molecule has 1 spiro atoms. The number of amides is 1. The molecule has 2 aliphatic heterocycles. The van der Waals surface area contributed by atoms with Gasteiger partial charge in [-0.3, -0.25) is 4.79 Å². The number of piperidine rings is 1. The molecule has 3 heterocycles. The molecular formula is C16H22N2O3S. The first-order chi connectivity index (χ1) is 10.7. The Morgan fingerprint density at radius 2 is 2.45 bits per heavy atom. The number of aromatic nitrogens is 1. The molecule has 2 atom stereocenters. The van der Waals surface area contributed by atoms with Crippen molar-refractivity contribution in [2.45, 2.75) is 43.8 Å². The summed E-state index contributed by atoms with van der Waals surface area (Å²) < 4.78 is 12.1. The molecule has 1 amide bonds. The minimum atomic E-state index is -0.196. The molecule has 1 aliphatic carbocycles. The van der Waals surface area contributed by atoms with E-state index in [-0.39, 0.29) is 17.6 Å². The van der Waals surface area contributed by atoms with Crippen molar-refractivity contribution in [1.29, 1.82) is 0 Å². The molecule has 3 fully saturated rings. The van der Waals surface area contributed by atoms with E-state index in [0.717, 1.165) is 38.3 Å². The van der Waals surface area contributed by atoms with E-state index in [1.54, 1.807) is 5.51 Å². The van der Waals surface area contributed by atoms with Crippen molar-refractivity contribution in [1.82, 2.24) is 9.88 Å². The Morgan fingerprint density at radius 1 is 1.55 bits per heavy atom. The molecule has 120 valence electrons. The van der Waals surface area contributed by atoms with Crippen molar-refractivity contribution < 1.29 is 14.3 Å². The van der Waals surface area contributed by atoms with Gasteiger partial charge in [0, 0.05) is 25.0 Å². The van der Waals surface area contributed by atoms with E-state index in [0.29, 0.717) is 18.8 Å². The first-order valence-electron chi connectivity index (χ1n) is 8.17. The average Bonchev–Trinajstić information content (AvgIpc) is 3.05. The SMILES string of the molecule is O=C(c1cscn1)N1CCC[C@]2(C[C@@H](OCC3CC3)CO2)C1. The second-order valence-electron chi connectivity index (χ2n) is 6.80. The van der Waals surface area contributed by atoms with Crippen molar-refractivity contribution in [2.24, 2.45) is 5.92 Å². The van der Waals surface area contributed by atoms with E-state index in [2.05, 4.69) is 4.98 Å². The number of hydrogen-bond acceptors (Lipinski definition) is 5. The molecule has 6 heteroatoms. The summed E-state index contributed by atoms with van der Waals surface area (Å²) in [6, 6.07) is 0. The zero-order valence-electron chi connectivity index (χ0n) is 12.7. The molecule has 4 rings (SSSR count). The van der Waals surface area contributed by atoms with Gasteiger partial charge < -0.3 is 14.4 Å². The highest BCUT2D eigenvalue weighted by atomic mass is 32.1. The van der Waals surface area contributed by atoms with E-state index in [9.17, 15) is 4.79 Å². The molecule has 0 bridgehead atoms. The van der Waals surface area contributed by atoms with Crippen LogP contribution in [0.2, 0.25) is 0 Å². The van der Waals surface area contributed by atoms with Crippen LogP contribution in [0.5, 0.6) is 0 Å². The van der Waals surface area contributed by atoms with Crippen LogP contribution in [0.25, 0.3) is 0 Å². The zero-order chi connectivity index (χ0) is 15.0. The number of carbonyl (C=O) groups is 1. The Bertz CT molecular complexity index is 532. The van der Waals surface area contributed by atoms with Crippen molar-refractivity contribution in [2.75, 3.05) is 26.3 Å². The fourth-order valence-corrected chi connectivity index (χ4v) is 4.03. The molecule has 0 radical (unpaired) electrons. The summed E-state index contributed by atoms with van der Waals surface area (Å²) in [5, 5.41) is 1.82. The van der Waals surface area contributed by atoms with Crippen LogP contribution in [0.15, 0.2) is 10.9 Å². The Morgan fingerprint density at radius 3 is 3.23 bits per heavy atom. The Balaban J connectivity index is 1.37. The number of thiazole rings is 1. The molecule has 0 aromatic carbocycles. The number of ether oxygens (including phenoxy) is 2. The third-order valence-corrected chi connectivity index (χ3v) is 5.50. The van der Waals surface area contributed by atoms with Gasteiger partial charge >= 0.3 is 0 Å². The maximum Gasteiger partial charge on any atom is 0.273 e. The summed E-state index contributed by atoms with van der Waals surface area (Å²) in [5.41, 5.74) is 2.07. The van der Waals surface area contributed by atoms with Gasteiger partial charge in [0.1, 0.15) is 5.69 Å². The third-order valence-electron chi connectivity index (χ3n) is 4.92. The summed E-state index contributed by atoms with van der Waals surface area (Å²) in [5.74, 6) is 0.817. The van der Waals surface area contributed by atoms with E-state index < -0.39 is 0 Å². The zero-order valence-corrected chi connectivity index (χ0v) is 13.5. The number of likely N-dealkylation sites (tertiary alicyclic amines) is 1. The molecule has 22 heavy (non-hydrogen) atoms.